The van der Waals surface area contributed by atoms with E-state index in [1.165, 1.54) is 15.7 Å². The van der Waals surface area contributed by atoms with Gasteiger partial charge >= 0.3 is 5.69 Å². The number of piperidine rings is 1. The Bertz CT molecular complexity index is 2170. The number of imide groups is 1. The summed E-state index contributed by atoms with van der Waals surface area (Å²) < 4.78 is 14.9. The van der Waals surface area contributed by atoms with Gasteiger partial charge in [0, 0.05) is 109 Å². The molecule has 2 fully saturated rings. The van der Waals surface area contributed by atoms with E-state index >= 15 is 0 Å². The van der Waals surface area contributed by atoms with Crippen molar-refractivity contribution in [3.8, 4) is 11.1 Å². The number of unbranched alkanes of at least 4 members (excludes halogenated alkanes) is 1. The van der Waals surface area contributed by atoms with E-state index in [4.69, 9.17) is 9.47 Å². The number of nitrogens with zero attached hydrogens (tertiary/aromatic N) is 6. The minimum atomic E-state index is -0.673. The van der Waals surface area contributed by atoms with Crippen molar-refractivity contribution in [2.45, 2.75) is 70.9 Å². The van der Waals surface area contributed by atoms with Gasteiger partial charge in [-0.3, -0.25) is 28.9 Å². The van der Waals surface area contributed by atoms with E-state index in [0.29, 0.717) is 37.7 Å². The van der Waals surface area contributed by atoms with Gasteiger partial charge in [0.2, 0.25) is 17.8 Å². The number of carbonyl (C=O) groups excluding carboxylic acids is 2. The lowest BCUT2D eigenvalue weighted by Crippen LogP contribution is -2.46. The highest BCUT2D eigenvalue weighted by molar-refractivity contribution is 6.00. The van der Waals surface area contributed by atoms with E-state index in [9.17, 15) is 14.4 Å². The van der Waals surface area contributed by atoms with Crippen LogP contribution < -0.4 is 16.3 Å². The van der Waals surface area contributed by atoms with Crippen molar-refractivity contribution in [2.24, 2.45) is 7.05 Å². The standard InChI is InChI=1S/C43H57N9O5/c1-3-4-17-44-42-46-29-35-34(28-45-40(35)48-42)33-12-9-32(10-13-33)30-51-21-19-50(20-22-51)18-6-24-57-26-7-25-56-23-5-8-31-11-14-36-38(27-31)49(2)43(55)52(36)37-15-16-39(53)47-41(37)54/h9-14,27-29,37H,3-8,15-26,30H2,1-2H3,(H,47,53,54)(H2,44,45,46,48)/t37-/m0/s1. The highest BCUT2D eigenvalue weighted by atomic mass is 16.5. The molecule has 0 saturated carbocycles. The first-order valence-electron chi connectivity index (χ1n) is 20.7. The Balaban J connectivity index is 0.725. The predicted molar refractivity (Wildman–Crippen MR) is 222 cm³/mol. The number of piperazine rings is 1. The summed E-state index contributed by atoms with van der Waals surface area (Å²) in [5.41, 5.74) is 6.83. The number of hydrogen-bond acceptors (Lipinski definition) is 10. The number of aryl methyl sites for hydroxylation is 2. The molecule has 0 aliphatic carbocycles. The van der Waals surface area contributed by atoms with Gasteiger partial charge < -0.3 is 24.7 Å². The van der Waals surface area contributed by atoms with Crippen LogP contribution in [0.25, 0.3) is 33.2 Å². The van der Waals surface area contributed by atoms with Crippen LogP contribution >= 0.6 is 0 Å². The lowest BCUT2D eigenvalue weighted by atomic mass is 10.0. The maximum Gasteiger partial charge on any atom is 0.329 e. The number of H-pyrrole nitrogens is 1. The van der Waals surface area contributed by atoms with Crippen LogP contribution in [0.2, 0.25) is 0 Å². The molecule has 0 spiro atoms. The number of aromatic nitrogens is 5. The van der Waals surface area contributed by atoms with E-state index in [-0.39, 0.29) is 18.0 Å². The van der Waals surface area contributed by atoms with Crippen molar-refractivity contribution in [3.05, 3.63) is 76.5 Å². The van der Waals surface area contributed by atoms with E-state index in [2.05, 4.69) is 66.6 Å². The number of benzene rings is 2. The van der Waals surface area contributed by atoms with Crippen molar-refractivity contribution in [3.63, 3.8) is 0 Å². The SMILES string of the molecule is CCCCNc1ncc2c(-c3ccc(CN4CCN(CCCOCCCOCCCc5ccc6c(c5)n(C)c(=O)n6[C@H]5CCC(=O)NC5=O)CC4)cc3)c[nH]c2n1. The Morgan fingerprint density at radius 2 is 1.60 bits per heavy atom. The molecule has 7 rings (SSSR count). The van der Waals surface area contributed by atoms with Gasteiger partial charge in [0.15, 0.2) is 0 Å². The van der Waals surface area contributed by atoms with Gasteiger partial charge in [0.25, 0.3) is 0 Å². The van der Waals surface area contributed by atoms with E-state index in [0.717, 1.165) is 119 Å². The summed E-state index contributed by atoms with van der Waals surface area (Å²) in [6.45, 7) is 12.2. The van der Waals surface area contributed by atoms with Crippen LogP contribution in [0.15, 0.2) is 59.7 Å². The summed E-state index contributed by atoms with van der Waals surface area (Å²) in [6.07, 6.45) is 10.3. The summed E-state index contributed by atoms with van der Waals surface area (Å²) in [5, 5.41) is 6.69. The second-order valence-corrected chi connectivity index (χ2v) is 15.3. The molecule has 3 aromatic heterocycles. The fourth-order valence-electron chi connectivity index (χ4n) is 7.86. The number of anilines is 1. The Morgan fingerprint density at radius 3 is 2.37 bits per heavy atom. The molecular formula is C43H57N9O5. The quantitative estimate of drug-likeness (QED) is 0.0725. The lowest BCUT2D eigenvalue weighted by Gasteiger charge is -2.34. The van der Waals surface area contributed by atoms with E-state index < -0.39 is 11.9 Å². The van der Waals surface area contributed by atoms with Crippen molar-refractivity contribution < 1.29 is 19.1 Å². The highest BCUT2D eigenvalue weighted by Gasteiger charge is 2.31. The fraction of sp³-hybridized carbons (Fsp3) is 0.512. The molecule has 3 N–H and O–H groups in total. The summed E-state index contributed by atoms with van der Waals surface area (Å²) in [4.78, 5) is 54.6. The van der Waals surface area contributed by atoms with Crippen LogP contribution in [-0.4, -0.2) is 111 Å². The molecule has 2 aliphatic rings. The van der Waals surface area contributed by atoms with Crippen LogP contribution in [0.3, 0.4) is 0 Å². The third kappa shape index (κ3) is 10.2. The summed E-state index contributed by atoms with van der Waals surface area (Å²) in [5.74, 6) is -0.0437. The average Bonchev–Trinajstić information content (AvgIpc) is 3.75. The molecule has 5 heterocycles. The smallest absolute Gasteiger partial charge is 0.329 e. The van der Waals surface area contributed by atoms with E-state index in [1.807, 2.05) is 30.6 Å². The number of aromatic amines is 1. The minimum absolute atomic E-state index is 0.227. The second-order valence-electron chi connectivity index (χ2n) is 15.3. The van der Waals surface area contributed by atoms with Gasteiger partial charge in [0.05, 0.1) is 11.0 Å². The number of imidazole rings is 1. The minimum Gasteiger partial charge on any atom is -0.381 e. The molecule has 2 amide bonds. The Hall–Kier alpha value is -4.89. The molecule has 0 bridgehead atoms. The van der Waals surface area contributed by atoms with Gasteiger partial charge in [-0.2, -0.15) is 4.98 Å². The zero-order valence-electron chi connectivity index (χ0n) is 33.4. The highest BCUT2D eigenvalue weighted by Crippen LogP contribution is 2.29. The molecule has 14 heteroatoms. The van der Waals surface area contributed by atoms with Gasteiger partial charge in [-0.25, -0.2) is 9.78 Å². The molecule has 5 aromatic rings. The van der Waals surface area contributed by atoms with Crippen molar-refractivity contribution in [2.75, 3.05) is 71.0 Å². The van der Waals surface area contributed by atoms with Gasteiger partial charge in [-0.05, 0) is 67.3 Å². The Morgan fingerprint density at radius 1 is 0.860 bits per heavy atom. The number of nitrogens with one attached hydrogen (secondary N) is 3. The first-order chi connectivity index (χ1) is 27.9. The first-order valence-corrected chi connectivity index (χ1v) is 20.7. The number of rotatable bonds is 20. The van der Waals surface area contributed by atoms with Crippen LogP contribution in [0, 0.1) is 0 Å². The third-order valence-electron chi connectivity index (χ3n) is 11.2. The van der Waals surface area contributed by atoms with Crippen molar-refractivity contribution in [1.82, 2.24) is 39.2 Å². The second kappa shape index (κ2) is 19.5. The van der Waals surface area contributed by atoms with Crippen molar-refractivity contribution in [1.29, 1.82) is 0 Å². The molecular weight excluding hydrogens is 723 g/mol. The number of amides is 2. The average molecular weight is 780 g/mol. The summed E-state index contributed by atoms with van der Waals surface area (Å²) in [6, 6.07) is 14.1. The largest absolute Gasteiger partial charge is 0.381 e. The number of ether oxygens (including phenoxy) is 2. The molecule has 2 aliphatic heterocycles. The predicted octanol–water partition coefficient (Wildman–Crippen LogP) is 5.03. The summed E-state index contributed by atoms with van der Waals surface area (Å²) >= 11 is 0. The third-order valence-corrected chi connectivity index (χ3v) is 11.2. The van der Waals surface area contributed by atoms with Crippen molar-refractivity contribution >= 4 is 39.8 Å². The molecule has 0 radical (unpaired) electrons. The molecule has 1 atom stereocenters. The van der Waals surface area contributed by atoms with Gasteiger partial charge in [0.1, 0.15) is 11.7 Å². The van der Waals surface area contributed by atoms with Gasteiger partial charge in [-0.15, -0.1) is 0 Å². The molecule has 2 aromatic carbocycles. The molecule has 0 unspecified atom stereocenters. The Labute approximate surface area is 333 Å². The zero-order valence-corrected chi connectivity index (χ0v) is 33.4. The zero-order chi connectivity index (χ0) is 39.6. The molecule has 57 heavy (non-hydrogen) atoms. The normalized spacial score (nSPS) is 16.8. The molecule has 2 saturated heterocycles. The lowest BCUT2D eigenvalue weighted by molar-refractivity contribution is -0.135. The molecule has 14 nitrogen and oxygen atoms in total. The van der Waals surface area contributed by atoms with Gasteiger partial charge in [-0.1, -0.05) is 43.7 Å². The maximum atomic E-state index is 13.0. The fourth-order valence-corrected chi connectivity index (χ4v) is 7.86. The van der Waals surface area contributed by atoms with Crippen LogP contribution in [0.1, 0.15) is 69.0 Å². The maximum absolute atomic E-state index is 13.0. The van der Waals surface area contributed by atoms with Crippen LogP contribution in [0.5, 0.6) is 0 Å². The number of hydrogen-bond donors (Lipinski definition) is 3. The number of fused-ring (bicyclic) bond motifs is 2. The molecule has 304 valence electrons. The monoisotopic (exact) mass is 779 g/mol. The number of carbonyl (C=O) groups is 2. The van der Waals surface area contributed by atoms with Crippen LogP contribution in [0.4, 0.5) is 5.95 Å². The van der Waals surface area contributed by atoms with E-state index in [1.54, 1.807) is 11.6 Å². The first kappa shape index (κ1) is 40.3. The topological polar surface area (TPSA) is 152 Å². The summed E-state index contributed by atoms with van der Waals surface area (Å²) in [7, 11) is 1.72. The van der Waals surface area contributed by atoms with Crippen LogP contribution in [-0.2, 0) is 39.1 Å². The Kier molecular flexibility index (Phi) is 13.8.